The van der Waals surface area contributed by atoms with Crippen molar-refractivity contribution < 1.29 is 9.53 Å². The number of nitrogen functional groups attached to an aromatic ring is 1. The molecule has 22 heavy (non-hydrogen) atoms. The van der Waals surface area contributed by atoms with Gasteiger partial charge in [0.25, 0.3) is 0 Å². The molecule has 2 aromatic rings. The second-order valence-corrected chi connectivity index (χ2v) is 7.76. The lowest BCUT2D eigenvalue weighted by Gasteiger charge is -2.09. The summed E-state index contributed by atoms with van der Waals surface area (Å²) in [6.45, 7) is 0.562. The van der Waals surface area contributed by atoms with Gasteiger partial charge in [-0.2, -0.15) is 0 Å². The fraction of sp³-hybridized carbons (Fsp3) is 0.286. The highest BCUT2D eigenvalue weighted by atomic mass is 127. The summed E-state index contributed by atoms with van der Waals surface area (Å²) in [5.41, 5.74) is 7.46. The van der Waals surface area contributed by atoms with E-state index >= 15 is 0 Å². The summed E-state index contributed by atoms with van der Waals surface area (Å²) in [7, 11) is 1.65. The molecule has 0 fully saturated rings. The van der Waals surface area contributed by atoms with Gasteiger partial charge in [0.2, 0.25) is 5.91 Å². The van der Waals surface area contributed by atoms with Crippen molar-refractivity contribution >= 4 is 67.6 Å². The van der Waals surface area contributed by atoms with Crippen LogP contribution in [0.4, 0.5) is 5.13 Å². The Hall–Kier alpha value is -0.620. The smallest absolute Gasteiger partial charge is 0.224 e. The highest BCUT2D eigenvalue weighted by Gasteiger charge is 2.10. The Morgan fingerprint density at radius 3 is 2.64 bits per heavy atom. The van der Waals surface area contributed by atoms with Crippen molar-refractivity contribution in [3.63, 3.8) is 0 Å². The maximum Gasteiger partial charge on any atom is 0.224 e. The van der Waals surface area contributed by atoms with Gasteiger partial charge in [-0.05, 0) is 62.9 Å². The Morgan fingerprint density at radius 1 is 1.41 bits per heavy atom. The molecule has 1 aromatic heterocycles. The molecule has 3 N–H and O–H groups in total. The zero-order valence-electron chi connectivity index (χ0n) is 11.9. The van der Waals surface area contributed by atoms with E-state index in [0.717, 1.165) is 24.1 Å². The number of halogens is 2. The van der Waals surface area contributed by atoms with E-state index in [4.69, 9.17) is 10.5 Å². The number of carbonyl (C=O) groups is 1. The van der Waals surface area contributed by atoms with Gasteiger partial charge in [0, 0.05) is 18.3 Å². The first-order valence-electron chi connectivity index (χ1n) is 6.48. The van der Waals surface area contributed by atoms with Crippen LogP contribution in [0.25, 0.3) is 0 Å². The monoisotopic (exact) mass is 543 g/mol. The number of nitrogens with two attached hydrogens (primary N) is 1. The van der Waals surface area contributed by atoms with Crippen LogP contribution in [-0.4, -0.2) is 24.5 Å². The topological polar surface area (TPSA) is 77.2 Å². The Kier molecular flexibility index (Phi) is 6.68. The van der Waals surface area contributed by atoms with Gasteiger partial charge in [0.1, 0.15) is 5.75 Å². The predicted molar refractivity (Wildman–Crippen MR) is 105 cm³/mol. The zero-order valence-corrected chi connectivity index (χ0v) is 17.0. The van der Waals surface area contributed by atoms with Gasteiger partial charge >= 0.3 is 0 Å². The molecule has 0 bridgehead atoms. The van der Waals surface area contributed by atoms with E-state index in [1.54, 1.807) is 7.11 Å². The number of carbonyl (C=O) groups excluding carboxylic acids is 1. The summed E-state index contributed by atoms with van der Waals surface area (Å²) >= 11 is 5.85. The van der Waals surface area contributed by atoms with E-state index in [-0.39, 0.29) is 5.91 Å². The molecule has 8 heteroatoms. The lowest BCUT2D eigenvalue weighted by atomic mass is 10.1. The summed E-state index contributed by atoms with van der Waals surface area (Å²) in [5, 5.41) is 5.38. The molecule has 0 saturated carbocycles. The lowest BCUT2D eigenvalue weighted by molar-refractivity contribution is -0.120. The van der Waals surface area contributed by atoms with Crippen LogP contribution in [0.5, 0.6) is 5.75 Å². The van der Waals surface area contributed by atoms with Gasteiger partial charge in [-0.1, -0.05) is 0 Å². The fourth-order valence-corrected chi connectivity index (χ4v) is 4.86. The summed E-state index contributed by atoms with van der Waals surface area (Å²) in [5.74, 6) is 0.853. The number of benzene rings is 1. The van der Waals surface area contributed by atoms with Crippen LogP contribution in [0.1, 0.15) is 11.3 Å². The Bertz CT molecular complexity index is 653. The average molecular weight is 543 g/mol. The van der Waals surface area contributed by atoms with Crippen molar-refractivity contribution in [2.45, 2.75) is 12.8 Å². The molecule has 0 saturated heterocycles. The summed E-state index contributed by atoms with van der Waals surface area (Å²) in [4.78, 5) is 16.2. The number of aromatic nitrogens is 1. The number of hydrogen-bond donors (Lipinski definition) is 2. The lowest BCUT2D eigenvalue weighted by Crippen LogP contribution is -2.27. The Balaban J connectivity index is 1.86. The number of amides is 1. The van der Waals surface area contributed by atoms with Gasteiger partial charge < -0.3 is 15.8 Å². The molecule has 0 aliphatic rings. The quantitative estimate of drug-likeness (QED) is 0.550. The normalized spacial score (nSPS) is 10.5. The van der Waals surface area contributed by atoms with Gasteiger partial charge in [0.15, 0.2) is 5.13 Å². The number of methoxy groups -OCH3 is 1. The van der Waals surface area contributed by atoms with Crippen molar-refractivity contribution in [1.82, 2.24) is 10.3 Å². The van der Waals surface area contributed by atoms with Crippen LogP contribution in [-0.2, 0) is 17.6 Å². The summed E-state index contributed by atoms with van der Waals surface area (Å²) < 4.78 is 7.33. The van der Waals surface area contributed by atoms with E-state index in [1.165, 1.54) is 11.3 Å². The molecule has 0 aliphatic heterocycles. The van der Waals surface area contributed by atoms with E-state index in [1.807, 2.05) is 17.5 Å². The zero-order chi connectivity index (χ0) is 16.1. The number of anilines is 1. The number of ether oxygens (including phenoxy) is 1. The van der Waals surface area contributed by atoms with Crippen molar-refractivity contribution in [3.8, 4) is 5.75 Å². The first kappa shape index (κ1) is 17.7. The predicted octanol–water partition coefficient (Wildman–Crippen LogP) is 2.84. The first-order valence-corrected chi connectivity index (χ1v) is 9.51. The second-order valence-electron chi connectivity index (χ2n) is 4.55. The largest absolute Gasteiger partial charge is 0.495 e. The molecule has 1 heterocycles. The van der Waals surface area contributed by atoms with Gasteiger partial charge in [0.05, 0.1) is 26.4 Å². The second kappa shape index (κ2) is 8.29. The van der Waals surface area contributed by atoms with E-state index in [0.29, 0.717) is 24.5 Å². The average Bonchev–Trinajstić information content (AvgIpc) is 2.84. The van der Waals surface area contributed by atoms with Crippen LogP contribution in [0.2, 0.25) is 0 Å². The Morgan fingerprint density at radius 2 is 2.09 bits per heavy atom. The Labute approximate surface area is 160 Å². The highest BCUT2D eigenvalue weighted by Crippen LogP contribution is 2.28. The maximum absolute atomic E-state index is 12.0. The SMILES string of the molecule is COc1c(I)cc(CC(=O)NCCc2csc(N)n2)cc1I. The number of nitrogens with zero attached hydrogens (tertiary/aromatic N) is 1. The minimum atomic E-state index is -0.0000293. The van der Waals surface area contributed by atoms with Gasteiger partial charge in [-0.3, -0.25) is 4.79 Å². The number of hydrogen-bond acceptors (Lipinski definition) is 5. The van der Waals surface area contributed by atoms with E-state index in [9.17, 15) is 4.79 Å². The van der Waals surface area contributed by atoms with Crippen LogP contribution in [0.3, 0.4) is 0 Å². The standard InChI is InChI=1S/C14H15I2N3O2S/c1-21-13-10(15)4-8(5-11(13)16)6-12(20)18-3-2-9-7-22-14(17)19-9/h4-5,7H,2-3,6H2,1H3,(H2,17,19)(H,18,20). The van der Waals surface area contributed by atoms with E-state index < -0.39 is 0 Å². The minimum Gasteiger partial charge on any atom is -0.495 e. The maximum atomic E-state index is 12.0. The number of nitrogens with one attached hydrogen (secondary N) is 1. The van der Waals surface area contributed by atoms with Crippen molar-refractivity contribution in [2.24, 2.45) is 0 Å². The molecule has 5 nitrogen and oxygen atoms in total. The molecule has 0 spiro atoms. The van der Waals surface area contributed by atoms with Crippen molar-refractivity contribution in [1.29, 1.82) is 0 Å². The fourth-order valence-electron chi connectivity index (χ4n) is 1.92. The number of thiazole rings is 1. The van der Waals surface area contributed by atoms with Crippen LogP contribution in [0, 0.1) is 7.14 Å². The molecule has 1 aromatic carbocycles. The molecule has 0 unspecified atom stereocenters. The summed E-state index contributed by atoms with van der Waals surface area (Å²) in [6, 6.07) is 3.95. The highest BCUT2D eigenvalue weighted by molar-refractivity contribution is 14.1. The minimum absolute atomic E-state index is 0.0000293. The van der Waals surface area contributed by atoms with Crippen LogP contribution >= 0.6 is 56.5 Å². The molecule has 2 rings (SSSR count). The van der Waals surface area contributed by atoms with Crippen molar-refractivity contribution in [2.75, 3.05) is 19.4 Å². The van der Waals surface area contributed by atoms with Gasteiger partial charge in [-0.15, -0.1) is 11.3 Å². The third kappa shape index (κ3) is 4.95. The van der Waals surface area contributed by atoms with Gasteiger partial charge in [-0.25, -0.2) is 4.98 Å². The molecule has 0 aliphatic carbocycles. The van der Waals surface area contributed by atoms with Crippen molar-refractivity contribution in [3.05, 3.63) is 35.9 Å². The summed E-state index contributed by atoms with van der Waals surface area (Å²) in [6.07, 6.45) is 1.05. The van der Waals surface area contributed by atoms with E-state index in [2.05, 4.69) is 55.5 Å². The third-order valence-electron chi connectivity index (χ3n) is 2.90. The van der Waals surface area contributed by atoms with Crippen LogP contribution < -0.4 is 15.8 Å². The number of rotatable bonds is 6. The molecule has 1 amide bonds. The first-order chi connectivity index (χ1) is 10.5. The third-order valence-corrected chi connectivity index (χ3v) is 5.22. The van der Waals surface area contributed by atoms with Crippen LogP contribution in [0.15, 0.2) is 17.5 Å². The molecular weight excluding hydrogens is 528 g/mol. The molecular formula is C14H15I2N3O2S. The molecule has 118 valence electrons. The molecule has 0 atom stereocenters. The molecule has 0 radical (unpaired) electrons.